The number of hydrogen-bond donors (Lipinski definition) is 1. The Morgan fingerprint density at radius 1 is 1.12 bits per heavy atom. The molecule has 1 aliphatic rings. The fourth-order valence-corrected chi connectivity index (χ4v) is 2.90. The smallest absolute Gasteiger partial charge is 0.114 e. The molecule has 0 aliphatic heterocycles. The van der Waals surface area contributed by atoms with Crippen molar-refractivity contribution in [2.45, 2.75) is 52.5 Å². The SMILES string of the molecule is Cc1c(C)c(N=O)c(C)c2c1CC(C)(N)CC2. The molecular formula is C14H20N2O. The number of hydrogen-bond acceptors (Lipinski definition) is 3. The molecule has 92 valence electrons. The summed E-state index contributed by atoms with van der Waals surface area (Å²) in [6, 6.07) is 0. The summed E-state index contributed by atoms with van der Waals surface area (Å²) in [5.74, 6) is 0. The topological polar surface area (TPSA) is 55.5 Å². The summed E-state index contributed by atoms with van der Waals surface area (Å²) in [5, 5.41) is 3.19. The van der Waals surface area contributed by atoms with Crippen LogP contribution in [0.5, 0.6) is 0 Å². The third-order valence-corrected chi connectivity index (χ3v) is 4.16. The highest BCUT2D eigenvalue weighted by atomic mass is 16.3. The first-order chi connectivity index (χ1) is 7.87. The average molecular weight is 232 g/mol. The van der Waals surface area contributed by atoms with Crippen molar-refractivity contribution in [1.82, 2.24) is 0 Å². The first-order valence-electron chi connectivity index (χ1n) is 6.11. The zero-order chi connectivity index (χ0) is 12.8. The molecule has 0 heterocycles. The van der Waals surface area contributed by atoms with Crippen LogP contribution in [-0.2, 0) is 12.8 Å². The predicted octanol–water partition coefficient (Wildman–Crippen LogP) is 3.22. The van der Waals surface area contributed by atoms with E-state index in [9.17, 15) is 4.91 Å². The summed E-state index contributed by atoms with van der Waals surface area (Å²) in [6.45, 7) is 8.15. The van der Waals surface area contributed by atoms with Gasteiger partial charge in [-0.3, -0.25) is 0 Å². The Bertz CT molecular complexity index is 490. The van der Waals surface area contributed by atoms with E-state index in [1.807, 2.05) is 13.8 Å². The highest BCUT2D eigenvalue weighted by molar-refractivity contribution is 5.62. The molecule has 0 aromatic heterocycles. The van der Waals surface area contributed by atoms with E-state index in [0.717, 1.165) is 30.4 Å². The van der Waals surface area contributed by atoms with Gasteiger partial charge in [0, 0.05) is 5.54 Å². The molecule has 17 heavy (non-hydrogen) atoms. The Morgan fingerprint density at radius 2 is 1.76 bits per heavy atom. The van der Waals surface area contributed by atoms with Crippen molar-refractivity contribution < 1.29 is 0 Å². The van der Waals surface area contributed by atoms with E-state index >= 15 is 0 Å². The molecule has 0 bridgehead atoms. The van der Waals surface area contributed by atoms with Gasteiger partial charge in [0.15, 0.2) is 0 Å². The van der Waals surface area contributed by atoms with Crippen molar-refractivity contribution >= 4 is 5.69 Å². The maximum atomic E-state index is 10.9. The molecule has 0 spiro atoms. The van der Waals surface area contributed by atoms with Crippen molar-refractivity contribution in [3.8, 4) is 0 Å². The minimum absolute atomic E-state index is 0.118. The van der Waals surface area contributed by atoms with Gasteiger partial charge in [-0.15, -0.1) is 4.91 Å². The molecular weight excluding hydrogens is 212 g/mol. The lowest BCUT2D eigenvalue weighted by atomic mass is 9.75. The minimum atomic E-state index is -0.118. The summed E-state index contributed by atoms with van der Waals surface area (Å²) in [5.41, 5.74) is 12.6. The Morgan fingerprint density at radius 3 is 2.35 bits per heavy atom. The quantitative estimate of drug-likeness (QED) is 0.756. The van der Waals surface area contributed by atoms with Crippen LogP contribution in [0.3, 0.4) is 0 Å². The fraction of sp³-hybridized carbons (Fsp3) is 0.571. The number of benzene rings is 1. The summed E-state index contributed by atoms with van der Waals surface area (Å²) in [7, 11) is 0. The van der Waals surface area contributed by atoms with Gasteiger partial charge < -0.3 is 5.73 Å². The van der Waals surface area contributed by atoms with Gasteiger partial charge in [0.1, 0.15) is 5.69 Å². The van der Waals surface area contributed by atoms with Gasteiger partial charge in [0.25, 0.3) is 0 Å². The van der Waals surface area contributed by atoms with Crippen LogP contribution in [0.15, 0.2) is 5.18 Å². The lowest BCUT2D eigenvalue weighted by Crippen LogP contribution is -2.42. The van der Waals surface area contributed by atoms with Crippen molar-refractivity contribution in [3.05, 3.63) is 32.7 Å². The van der Waals surface area contributed by atoms with Gasteiger partial charge in [-0.25, -0.2) is 0 Å². The minimum Gasteiger partial charge on any atom is -0.325 e. The maximum absolute atomic E-state index is 10.9. The molecule has 1 aliphatic carbocycles. The van der Waals surface area contributed by atoms with Gasteiger partial charge in [0.05, 0.1) is 0 Å². The molecule has 2 N–H and O–H groups in total. The van der Waals surface area contributed by atoms with Gasteiger partial charge in [-0.05, 0) is 80.0 Å². The van der Waals surface area contributed by atoms with Crippen LogP contribution in [0, 0.1) is 25.7 Å². The van der Waals surface area contributed by atoms with E-state index in [0.29, 0.717) is 5.69 Å². The third kappa shape index (κ3) is 1.89. The van der Waals surface area contributed by atoms with Crippen LogP contribution < -0.4 is 5.73 Å². The monoisotopic (exact) mass is 232 g/mol. The van der Waals surface area contributed by atoms with E-state index in [4.69, 9.17) is 5.73 Å². The molecule has 0 radical (unpaired) electrons. The molecule has 1 aromatic rings. The first kappa shape index (κ1) is 12.2. The molecule has 0 fully saturated rings. The van der Waals surface area contributed by atoms with Crippen molar-refractivity contribution in [2.24, 2.45) is 10.9 Å². The highest BCUT2D eigenvalue weighted by Crippen LogP contribution is 2.38. The Hall–Kier alpha value is -1.22. The molecule has 1 aromatic carbocycles. The van der Waals surface area contributed by atoms with Gasteiger partial charge in [-0.2, -0.15) is 0 Å². The van der Waals surface area contributed by atoms with E-state index in [1.165, 1.54) is 16.7 Å². The van der Waals surface area contributed by atoms with E-state index in [-0.39, 0.29) is 5.54 Å². The van der Waals surface area contributed by atoms with Crippen LogP contribution >= 0.6 is 0 Å². The van der Waals surface area contributed by atoms with Crippen LogP contribution in [0.4, 0.5) is 5.69 Å². The number of fused-ring (bicyclic) bond motifs is 1. The van der Waals surface area contributed by atoms with E-state index in [1.54, 1.807) is 0 Å². The molecule has 3 heteroatoms. The second-order valence-electron chi connectivity index (χ2n) is 5.60. The molecule has 1 atom stereocenters. The molecule has 0 saturated heterocycles. The zero-order valence-corrected chi connectivity index (χ0v) is 11.1. The van der Waals surface area contributed by atoms with Gasteiger partial charge >= 0.3 is 0 Å². The molecule has 0 amide bonds. The molecule has 2 rings (SSSR count). The van der Waals surface area contributed by atoms with Crippen LogP contribution in [0.25, 0.3) is 0 Å². The third-order valence-electron chi connectivity index (χ3n) is 4.16. The number of nitroso groups, excluding NO2 is 1. The average Bonchev–Trinajstić information content (AvgIpc) is 2.26. The number of nitrogens with two attached hydrogens (primary N) is 1. The van der Waals surface area contributed by atoms with Gasteiger partial charge in [-0.1, -0.05) is 0 Å². The van der Waals surface area contributed by atoms with Crippen molar-refractivity contribution in [3.63, 3.8) is 0 Å². The summed E-state index contributed by atoms with van der Waals surface area (Å²) in [4.78, 5) is 10.9. The zero-order valence-electron chi connectivity index (χ0n) is 11.1. The van der Waals surface area contributed by atoms with Crippen LogP contribution in [0.1, 0.15) is 41.2 Å². The van der Waals surface area contributed by atoms with Crippen molar-refractivity contribution in [1.29, 1.82) is 0 Å². The lowest BCUT2D eigenvalue weighted by molar-refractivity contribution is 0.407. The fourth-order valence-electron chi connectivity index (χ4n) is 2.90. The maximum Gasteiger partial charge on any atom is 0.114 e. The summed E-state index contributed by atoms with van der Waals surface area (Å²) < 4.78 is 0. The first-order valence-corrected chi connectivity index (χ1v) is 6.11. The standard InChI is InChI=1S/C14H20N2O/c1-8-9(2)13(16-17)10(3)11-5-6-14(4,15)7-12(8)11/h5-7,15H2,1-4H3. The van der Waals surface area contributed by atoms with E-state index in [2.05, 4.69) is 19.0 Å². The van der Waals surface area contributed by atoms with Crippen molar-refractivity contribution in [2.75, 3.05) is 0 Å². The summed E-state index contributed by atoms with van der Waals surface area (Å²) in [6.07, 6.45) is 2.83. The molecule has 0 saturated carbocycles. The van der Waals surface area contributed by atoms with Crippen LogP contribution in [-0.4, -0.2) is 5.54 Å². The van der Waals surface area contributed by atoms with Gasteiger partial charge in [0.2, 0.25) is 0 Å². The Kier molecular flexibility index (Phi) is 2.82. The Labute approximate surface area is 102 Å². The number of rotatable bonds is 1. The van der Waals surface area contributed by atoms with E-state index < -0.39 is 0 Å². The number of nitrogens with zero attached hydrogens (tertiary/aromatic N) is 1. The second-order valence-corrected chi connectivity index (χ2v) is 5.60. The second kappa shape index (κ2) is 3.91. The Balaban J connectivity index is 2.68. The summed E-state index contributed by atoms with van der Waals surface area (Å²) >= 11 is 0. The predicted molar refractivity (Wildman–Crippen MR) is 70.7 cm³/mol. The van der Waals surface area contributed by atoms with Crippen LogP contribution in [0.2, 0.25) is 0 Å². The molecule has 3 nitrogen and oxygen atoms in total. The largest absolute Gasteiger partial charge is 0.325 e. The lowest BCUT2D eigenvalue weighted by Gasteiger charge is -2.34. The highest BCUT2D eigenvalue weighted by Gasteiger charge is 2.29. The normalized spacial score (nSPS) is 23.4. The molecule has 1 unspecified atom stereocenters.